The van der Waals surface area contributed by atoms with Crippen LogP contribution >= 0.6 is 11.6 Å². The van der Waals surface area contributed by atoms with Crippen molar-refractivity contribution in [3.63, 3.8) is 0 Å². The van der Waals surface area contributed by atoms with Crippen molar-refractivity contribution in [2.75, 3.05) is 6.54 Å². The average Bonchev–Trinajstić information content (AvgIpc) is 2.77. The number of rotatable bonds is 6. The van der Waals surface area contributed by atoms with Gasteiger partial charge in [-0.15, -0.1) is 0 Å². The highest BCUT2D eigenvalue weighted by atomic mass is 35.5. The zero-order valence-corrected chi connectivity index (χ0v) is 11.9. The largest absolute Gasteiger partial charge is 0.361 e. The van der Waals surface area contributed by atoms with Gasteiger partial charge >= 0.3 is 0 Å². The van der Waals surface area contributed by atoms with Crippen LogP contribution in [0.2, 0.25) is 5.02 Å². The molecule has 2 rings (SSSR count). The second-order valence-corrected chi connectivity index (χ2v) is 5.17. The van der Waals surface area contributed by atoms with Crippen molar-refractivity contribution in [3.05, 3.63) is 35.0 Å². The number of carbonyl (C=O) groups is 1. The Balaban J connectivity index is 1.95. The van der Waals surface area contributed by atoms with E-state index < -0.39 is 0 Å². The van der Waals surface area contributed by atoms with Gasteiger partial charge in [0.1, 0.15) is 0 Å². The van der Waals surface area contributed by atoms with Gasteiger partial charge in [0.05, 0.1) is 6.42 Å². The van der Waals surface area contributed by atoms with E-state index in [1.54, 1.807) is 0 Å². The molecular weight excluding hydrogens is 260 g/mol. The minimum absolute atomic E-state index is 0.0759. The molecule has 1 aromatic carbocycles. The minimum atomic E-state index is 0.0759. The highest BCUT2D eigenvalue weighted by Gasteiger charge is 2.08. The monoisotopic (exact) mass is 278 g/mol. The summed E-state index contributed by atoms with van der Waals surface area (Å²) in [6.07, 6.45) is 5.66. The molecule has 1 aromatic heterocycles. The van der Waals surface area contributed by atoms with Crippen LogP contribution < -0.4 is 5.32 Å². The van der Waals surface area contributed by atoms with E-state index in [2.05, 4.69) is 17.2 Å². The smallest absolute Gasteiger partial charge is 0.224 e. The summed E-state index contributed by atoms with van der Waals surface area (Å²) in [4.78, 5) is 15.0. The van der Waals surface area contributed by atoms with Gasteiger partial charge in [-0.2, -0.15) is 0 Å². The SMILES string of the molecule is CCCCCNC(=O)Cc1c[nH]c2cc(Cl)ccc12. The molecule has 0 aliphatic rings. The molecular formula is C15H19ClN2O. The third kappa shape index (κ3) is 3.74. The van der Waals surface area contributed by atoms with Gasteiger partial charge in [-0.05, 0) is 24.1 Å². The van der Waals surface area contributed by atoms with E-state index in [0.717, 1.165) is 35.9 Å². The number of carbonyl (C=O) groups excluding carboxylic acids is 1. The fourth-order valence-electron chi connectivity index (χ4n) is 2.14. The number of H-pyrrole nitrogens is 1. The lowest BCUT2D eigenvalue weighted by Gasteiger charge is -2.04. The van der Waals surface area contributed by atoms with E-state index in [1.807, 2.05) is 24.4 Å². The van der Waals surface area contributed by atoms with Gasteiger partial charge in [0.25, 0.3) is 0 Å². The first-order valence-electron chi connectivity index (χ1n) is 6.73. The topological polar surface area (TPSA) is 44.9 Å². The van der Waals surface area contributed by atoms with Crippen LogP contribution in [0.4, 0.5) is 0 Å². The molecule has 0 atom stereocenters. The molecule has 0 saturated heterocycles. The lowest BCUT2D eigenvalue weighted by Crippen LogP contribution is -2.25. The van der Waals surface area contributed by atoms with Crippen molar-refractivity contribution >= 4 is 28.4 Å². The van der Waals surface area contributed by atoms with E-state index in [1.165, 1.54) is 6.42 Å². The molecule has 102 valence electrons. The Kier molecular flexibility index (Phi) is 4.86. The van der Waals surface area contributed by atoms with Crippen molar-refractivity contribution in [3.8, 4) is 0 Å². The van der Waals surface area contributed by atoms with E-state index in [9.17, 15) is 4.79 Å². The highest BCUT2D eigenvalue weighted by Crippen LogP contribution is 2.22. The number of unbranched alkanes of at least 4 members (excludes halogenated alkanes) is 2. The first-order valence-corrected chi connectivity index (χ1v) is 7.10. The third-order valence-corrected chi connectivity index (χ3v) is 3.42. The number of halogens is 1. The van der Waals surface area contributed by atoms with Gasteiger partial charge in [0.15, 0.2) is 0 Å². The van der Waals surface area contributed by atoms with Crippen LogP contribution in [0.3, 0.4) is 0 Å². The van der Waals surface area contributed by atoms with Crippen molar-refractivity contribution in [1.82, 2.24) is 10.3 Å². The molecule has 2 aromatic rings. The summed E-state index contributed by atoms with van der Waals surface area (Å²) in [5, 5.41) is 4.71. The van der Waals surface area contributed by atoms with Crippen LogP contribution in [0, 0.1) is 0 Å². The molecule has 0 unspecified atom stereocenters. The Labute approximate surface area is 118 Å². The number of nitrogens with one attached hydrogen (secondary N) is 2. The molecule has 3 nitrogen and oxygen atoms in total. The van der Waals surface area contributed by atoms with E-state index in [4.69, 9.17) is 11.6 Å². The van der Waals surface area contributed by atoms with Gasteiger partial charge in [-0.1, -0.05) is 37.4 Å². The number of amides is 1. The Morgan fingerprint density at radius 3 is 3.00 bits per heavy atom. The summed E-state index contributed by atoms with van der Waals surface area (Å²) in [5.74, 6) is 0.0759. The summed E-state index contributed by atoms with van der Waals surface area (Å²) in [6, 6.07) is 5.67. The quantitative estimate of drug-likeness (QED) is 0.778. The van der Waals surface area contributed by atoms with Gasteiger partial charge < -0.3 is 10.3 Å². The first-order chi connectivity index (χ1) is 9.20. The zero-order valence-electron chi connectivity index (χ0n) is 11.1. The number of aromatic nitrogens is 1. The maximum atomic E-state index is 11.8. The van der Waals surface area contributed by atoms with Crippen molar-refractivity contribution in [1.29, 1.82) is 0 Å². The normalized spacial score (nSPS) is 10.8. The van der Waals surface area contributed by atoms with Crippen molar-refractivity contribution in [2.24, 2.45) is 0 Å². The Morgan fingerprint density at radius 2 is 2.21 bits per heavy atom. The van der Waals surface area contributed by atoms with E-state index in [-0.39, 0.29) is 5.91 Å². The average molecular weight is 279 g/mol. The number of fused-ring (bicyclic) bond motifs is 1. The predicted molar refractivity (Wildman–Crippen MR) is 79.5 cm³/mol. The van der Waals surface area contributed by atoms with Crippen LogP contribution in [0.25, 0.3) is 10.9 Å². The lowest BCUT2D eigenvalue weighted by atomic mass is 10.1. The third-order valence-electron chi connectivity index (χ3n) is 3.18. The fourth-order valence-corrected chi connectivity index (χ4v) is 2.32. The molecule has 0 saturated carbocycles. The van der Waals surface area contributed by atoms with E-state index >= 15 is 0 Å². The molecule has 1 amide bonds. The van der Waals surface area contributed by atoms with E-state index in [0.29, 0.717) is 11.4 Å². The van der Waals surface area contributed by atoms with Crippen LogP contribution in [-0.2, 0) is 11.2 Å². The second kappa shape index (κ2) is 6.62. The molecule has 0 aliphatic carbocycles. The lowest BCUT2D eigenvalue weighted by molar-refractivity contribution is -0.120. The fraction of sp³-hybridized carbons (Fsp3) is 0.400. The molecule has 0 spiro atoms. The number of benzene rings is 1. The molecule has 0 radical (unpaired) electrons. The van der Waals surface area contributed by atoms with Crippen LogP contribution in [0.5, 0.6) is 0 Å². The molecule has 2 N–H and O–H groups in total. The maximum Gasteiger partial charge on any atom is 0.224 e. The summed E-state index contributed by atoms with van der Waals surface area (Å²) in [5.41, 5.74) is 1.99. The highest BCUT2D eigenvalue weighted by molar-refractivity contribution is 6.31. The molecule has 19 heavy (non-hydrogen) atoms. The summed E-state index contributed by atoms with van der Waals surface area (Å²) in [6.45, 7) is 2.92. The van der Waals surface area contributed by atoms with Crippen LogP contribution in [-0.4, -0.2) is 17.4 Å². The Hall–Kier alpha value is -1.48. The second-order valence-electron chi connectivity index (χ2n) is 4.74. The molecule has 0 fully saturated rings. The zero-order chi connectivity index (χ0) is 13.7. The van der Waals surface area contributed by atoms with Crippen LogP contribution in [0.1, 0.15) is 31.7 Å². The van der Waals surface area contributed by atoms with Gasteiger partial charge in [-0.3, -0.25) is 4.79 Å². The van der Waals surface area contributed by atoms with Gasteiger partial charge in [-0.25, -0.2) is 0 Å². The predicted octanol–water partition coefficient (Wildman–Crippen LogP) is 3.67. The van der Waals surface area contributed by atoms with Crippen molar-refractivity contribution in [2.45, 2.75) is 32.6 Å². The summed E-state index contributed by atoms with van der Waals surface area (Å²) in [7, 11) is 0. The molecule has 0 bridgehead atoms. The Bertz CT molecular complexity index is 562. The van der Waals surface area contributed by atoms with Crippen molar-refractivity contribution < 1.29 is 4.79 Å². The Morgan fingerprint density at radius 1 is 1.37 bits per heavy atom. The minimum Gasteiger partial charge on any atom is -0.361 e. The number of aromatic amines is 1. The van der Waals surface area contributed by atoms with Gasteiger partial charge in [0, 0.05) is 28.7 Å². The number of hydrogen-bond acceptors (Lipinski definition) is 1. The van der Waals surface area contributed by atoms with Gasteiger partial charge in [0.2, 0.25) is 5.91 Å². The molecule has 4 heteroatoms. The summed E-state index contributed by atoms with van der Waals surface area (Å²) < 4.78 is 0. The van der Waals surface area contributed by atoms with Crippen LogP contribution in [0.15, 0.2) is 24.4 Å². The molecule has 0 aliphatic heterocycles. The number of hydrogen-bond donors (Lipinski definition) is 2. The first kappa shape index (κ1) is 13.9. The molecule has 1 heterocycles. The maximum absolute atomic E-state index is 11.8. The standard InChI is InChI=1S/C15H19ClN2O/c1-2-3-4-7-17-15(19)8-11-10-18-14-9-12(16)5-6-13(11)14/h5-6,9-10,18H,2-4,7-8H2,1H3,(H,17,19). The summed E-state index contributed by atoms with van der Waals surface area (Å²) >= 11 is 5.93.